The van der Waals surface area contributed by atoms with E-state index in [1.54, 1.807) is 49.4 Å². The van der Waals surface area contributed by atoms with Crippen LogP contribution in [0.2, 0.25) is 5.02 Å². The zero-order valence-corrected chi connectivity index (χ0v) is 14.6. The van der Waals surface area contributed by atoms with E-state index in [1.165, 1.54) is 6.92 Å². The molecule has 0 saturated carbocycles. The Kier molecular flexibility index (Phi) is 6.14. The Morgan fingerprint density at radius 3 is 2.32 bits per heavy atom. The molecule has 0 aromatic heterocycles. The summed E-state index contributed by atoms with van der Waals surface area (Å²) in [6, 6.07) is 11.6. The van der Waals surface area contributed by atoms with E-state index in [9.17, 15) is 14.4 Å². The number of carbonyl (C=O) groups is 3. The summed E-state index contributed by atoms with van der Waals surface area (Å²) in [5, 5.41) is 8.41. The standard InChI is InChI=1S/C18H18ClN3O3/c1-11-15(19)4-3-5-16(11)22-17(24)10-20-18(25)13-6-8-14(9-7-13)21-12(2)23/h3-9H,10H2,1-2H3,(H,20,25)(H,21,23)(H,22,24). The highest BCUT2D eigenvalue weighted by molar-refractivity contribution is 6.31. The molecule has 0 heterocycles. The maximum Gasteiger partial charge on any atom is 0.251 e. The van der Waals surface area contributed by atoms with E-state index in [0.29, 0.717) is 22.0 Å². The van der Waals surface area contributed by atoms with Gasteiger partial charge in [0.1, 0.15) is 0 Å². The summed E-state index contributed by atoms with van der Waals surface area (Å²) in [5.41, 5.74) is 2.35. The first-order chi connectivity index (χ1) is 11.9. The molecule has 3 amide bonds. The second-order valence-corrected chi connectivity index (χ2v) is 5.81. The number of benzene rings is 2. The summed E-state index contributed by atoms with van der Waals surface area (Å²) in [6.45, 7) is 3.03. The van der Waals surface area contributed by atoms with Crippen LogP contribution in [0.1, 0.15) is 22.8 Å². The van der Waals surface area contributed by atoms with Crippen molar-refractivity contribution in [2.75, 3.05) is 17.2 Å². The number of anilines is 2. The van der Waals surface area contributed by atoms with Crippen LogP contribution < -0.4 is 16.0 Å². The van der Waals surface area contributed by atoms with Crippen molar-refractivity contribution >= 4 is 40.7 Å². The molecule has 2 aromatic carbocycles. The maximum absolute atomic E-state index is 12.1. The Labute approximate surface area is 150 Å². The second kappa shape index (κ2) is 8.30. The highest BCUT2D eigenvalue weighted by atomic mass is 35.5. The molecule has 0 saturated heterocycles. The molecule has 0 aliphatic heterocycles. The van der Waals surface area contributed by atoms with Crippen LogP contribution in [0.25, 0.3) is 0 Å². The summed E-state index contributed by atoms with van der Waals surface area (Å²) in [6.07, 6.45) is 0. The number of hydrogen-bond acceptors (Lipinski definition) is 3. The lowest BCUT2D eigenvalue weighted by Crippen LogP contribution is -2.33. The van der Waals surface area contributed by atoms with Gasteiger partial charge in [0.2, 0.25) is 11.8 Å². The van der Waals surface area contributed by atoms with Crippen LogP contribution >= 0.6 is 11.6 Å². The lowest BCUT2D eigenvalue weighted by molar-refractivity contribution is -0.115. The lowest BCUT2D eigenvalue weighted by atomic mass is 10.2. The molecule has 3 N–H and O–H groups in total. The van der Waals surface area contributed by atoms with E-state index in [-0.39, 0.29) is 24.3 Å². The predicted molar refractivity (Wildman–Crippen MR) is 97.9 cm³/mol. The van der Waals surface area contributed by atoms with Gasteiger partial charge in [0.05, 0.1) is 6.54 Å². The topological polar surface area (TPSA) is 87.3 Å². The number of carbonyl (C=O) groups excluding carboxylic acids is 3. The van der Waals surface area contributed by atoms with Crippen LogP contribution in [-0.4, -0.2) is 24.3 Å². The molecule has 0 fully saturated rings. The van der Waals surface area contributed by atoms with Crippen LogP contribution in [-0.2, 0) is 9.59 Å². The molecule has 25 heavy (non-hydrogen) atoms. The number of hydrogen-bond donors (Lipinski definition) is 3. The van der Waals surface area contributed by atoms with Crippen molar-refractivity contribution in [2.45, 2.75) is 13.8 Å². The van der Waals surface area contributed by atoms with Gasteiger partial charge in [0, 0.05) is 28.9 Å². The van der Waals surface area contributed by atoms with Crippen molar-refractivity contribution in [2.24, 2.45) is 0 Å². The van der Waals surface area contributed by atoms with Gasteiger partial charge in [-0.3, -0.25) is 14.4 Å². The van der Waals surface area contributed by atoms with Crippen LogP contribution in [0.5, 0.6) is 0 Å². The Bertz CT molecular complexity index is 804. The van der Waals surface area contributed by atoms with Gasteiger partial charge in [0.15, 0.2) is 0 Å². The molecular weight excluding hydrogens is 342 g/mol. The average molecular weight is 360 g/mol. The van der Waals surface area contributed by atoms with Gasteiger partial charge in [-0.1, -0.05) is 17.7 Å². The molecule has 0 bridgehead atoms. The SMILES string of the molecule is CC(=O)Nc1ccc(C(=O)NCC(=O)Nc2cccc(Cl)c2C)cc1. The fraction of sp³-hybridized carbons (Fsp3) is 0.167. The summed E-state index contributed by atoms with van der Waals surface area (Å²) >= 11 is 6.00. The van der Waals surface area contributed by atoms with Gasteiger partial charge in [0.25, 0.3) is 5.91 Å². The highest BCUT2D eigenvalue weighted by Gasteiger charge is 2.10. The summed E-state index contributed by atoms with van der Waals surface area (Å²) < 4.78 is 0. The van der Waals surface area contributed by atoms with Gasteiger partial charge in [-0.15, -0.1) is 0 Å². The second-order valence-electron chi connectivity index (χ2n) is 5.40. The molecule has 0 unspecified atom stereocenters. The van der Waals surface area contributed by atoms with Crippen molar-refractivity contribution in [1.29, 1.82) is 0 Å². The minimum absolute atomic E-state index is 0.168. The van der Waals surface area contributed by atoms with E-state index in [0.717, 1.165) is 5.56 Å². The van der Waals surface area contributed by atoms with Crippen LogP contribution in [0.3, 0.4) is 0 Å². The minimum Gasteiger partial charge on any atom is -0.343 e. The van der Waals surface area contributed by atoms with E-state index in [2.05, 4.69) is 16.0 Å². The third kappa shape index (κ3) is 5.32. The van der Waals surface area contributed by atoms with Gasteiger partial charge in [-0.2, -0.15) is 0 Å². The largest absolute Gasteiger partial charge is 0.343 e. The molecule has 0 radical (unpaired) electrons. The summed E-state index contributed by atoms with van der Waals surface area (Å²) in [7, 11) is 0. The van der Waals surface area contributed by atoms with E-state index in [1.807, 2.05) is 0 Å². The average Bonchev–Trinajstić information content (AvgIpc) is 2.57. The molecule has 0 aliphatic rings. The van der Waals surface area contributed by atoms with Crippen molar-refractivity contribution in [3.8, 4) is 0 Å². The van der Waals surface area contributed by atoms with Gasteiger partial charge in [-0.25, -0.2) is 0 Å². The smallest absolute Gasteiger partial charge is 0.251 e. The van der Waals surface area contributed by atoms with Crippen molar-refractivity contribution in [3.63, 3.8) is 0 Å². The summed E-state index contributed by atoms with van der Waals surface area (Å²) in [4.78, 5) is 35.0. The number of rotatable bonds is 5. The number of halogens is 1. The van der Waals surface area contributed by atoms with Crippen LogP contribution in [0.4, 0.5) is 11.4 Å². The molecule has 0 aliphatic carbocycles. The van der Waals surface area contributed by atoms with E-state index < -0.39 is 0 Å². The predicted octanol–water partition coefficient (Wildman–Crippen LogP) is 2.98. The van der Waals surface area contributed by atoms with Gasteiger partial charge in [-0.05, 0) is 48.9 Å². The van der Waals surface area contributed by atoms with E-state index in [4.69, 9.17) is 11.6 Å². The number of nitrogens with one attached hydrogen (secondary N) is 3. The minimum atomic E-state index is -0.382. The summed E-state index contributed by atoms with van der Waals surface area (Å²) in [5.74, 6) is -0.925. The molecule has 0 atom stereocenters. The van der Waals surface area contributed by atoms with Crippen LogP contribution in [0, 0.1) is 6.92 Å². The highest BCUT2D eigenvalue weighted by Crippen LogP contribution is 2.22. The third-order valence-electron chi connectivity index (χ3n) is 3.42. The zero-order chi connectivity index (χ0) is 18.4. The molecule has 2 aromatic rings. The van der Waals surface area contributed by atoms with Gasteiger partial charge < -0.3 is 16.0 Å². The maximum atomic E-state index is 12.1. The fourth-order valence-electron chi connectivity index (χ4n) is 2.11. The van der Waals surface area contributed by atoms with E-state index >= 15 is 0 Å². The molecule has 130 valence electrons. The monoisotopic (exact) mass is 359 g/mol. The first-order valence-corrected chi connectivity index (χ1v) is 7.95. The molecule has 7 heteroatoms. The Hall–Kier alpha value is -2.86. The normalized spacial score (nSPS) is 10.0. The first-order valence-electron chi connectivity index (χ1n) is 7.57. The Balaban J connectivity index is 1.89. The molecule has 2 rings (SSSR count). The number of amides is 3. The van der Waals surface area contributed by atoms with Crippen LogP contribution in [0.15, 0.2) is 42.5 Å². The van der Waals surface area contributed by atoms with Gasteiger partial charge >= 0.3 is 0 Å². The van der Waals surface area contributed by atoms with Crippen molar-refractivity contribution in [3.05, 3.63) is 58.6 Å². The third-order valence-corrected chi connectivity index (χ3v) is 3.83. The molecule has 0 spiro atoms. The molecular formula is C18H18ClN3O3. The quantitative estimate of drug-likeness (QED) is 0.767. The zero-order valence-electron chi connectivity index (χ0n) is 13.9. The Morgan fingerprint density at radius 1 is 1.00 bits per heavy atom. The fourth-order valence-corrected chi connectivity index (χ4v) is 2.28. The van der Waals surface area contributed by atoms with Crippen molar-refractivity contribution in [1.82, 2.24) is 5.32 Å². The first kappa shape index (κ1) is 18.5. The molecule has 6 nitrogen and oxygen atoms in total. The Morgan fingerprint density at radius 2 is 1.68 bits per heavy atom. The lowest BCUT2D eigenvalue weighted by Gasteiger charge is -2.10. The van der Waals surface area contributed by atoms with Crippen molar-refractivity contribution < 1.29 is 14.4 Å².